The predicted octanol–water partition coefficient (Wildman–Crippen LogP) is 4.83. The highest BCUT2D eigenvalue weighted by Crippen LogP contribution is 2.24. The third-order valence-electron chi connectivity index (χ3n) is 5.75. The Labute approximate surface area is 227 Å². The molecule has 196 valence electrons. The van der Waals surface area contributed by atoms with E-state index in [4.69, 9.17) is 0 Å². The second kappa shape index (κ2) is 12.9. The molecule has 3 aromatic carbocycles. The molecule has 0 radical (unpaired) electrons. The average molecular weight is 587 g/mol. The summed E-state index contributed by atoms with van der Waals surface area (Å²) in [6.07, 6.45) is 0. The van der Waals surface area contributed by atoms with Crippen LogP contribution in [0.3, 0.4) is 0 Å². The van der Waals surface area contributed by atoms with Gasteiger partial charge in [-0.1, -0.05) is 78.3 Å². The second-order valence-corrected chi connectivity index (χ2v) is 11.9. The van der Waals surface area contributed by atoms with Crippen LogP contribution in [0, 0.1) is 5.92 Å². The summed E-state index contributed by atoms with van der Waals surface area (Å²) in [5, 5.41) is 2.88. The number of hydrogen-bond acceptors (Lipinski definition) is 4. The molecule has 3 rings (SSSR count). The molecule has 0 fully saturated rings. The fourth-order valence-corrected chi connectivity index (χ4v) is 5.59. The van der Waals surface area contributed by atoms with E-state index in [-0.39, 0.29) is 23.3 Å². The third-order valence-corrected chi connectivity index (χ3v) is 8.03. The lowest BCUT2D eigenvalue weighted by molar-refractivity contribution is -0.139. The van der Waals surface area contributed by atoms with Gasteiger partial charge in [0.05, 0.1) is 10.6 Å². The van der Waals surface area contributed by atoms with E-state index in [1.54, 1.807) is 55.5 Å². The Kier molecular flexibility index (Phi) is 9.88. The summed E-state index contributed by atoms with van der Waals surface area (Å²) in [5.74, 6) is -0.542. The van der Waals surface area contributed by atoms with E-state index >= 15 is 0 Å². The third kappa shape index (κ3) is 7.66. The van der Waals surface area contributed by atoms with Crippen LogP contribution >= 0.6 is 15.9 Å². The monoisotopic (exact) mass is 585 g/mol. The summed E-state index contributed by atoms with van der Waals surface area (Å²) in [4.78, 5) is 28.3. The van der Waals surface area contributed by atoms with Crippen molar-refractivity contribution in [2.75, 3.05) is 17.4 Å². The van der Waals surface area contributed by atoms with Crippen LogP contribution in [0.4, 0.5) is 5.69 Å². The molecular formula is C28H32BrN3O4S. The smallest absolute Gasteiger partial charge is 0.264 e. The number of hydrogen-bond donors (Lipinski definition) is 1. The number of para-hydroxylation sites is 1. The number of rotatable bonds is 11. The van der Waals surface area contributed by atoms with Crippen LogP contribution in [0.25, 0.3) is 0 Å². The largest absolute Gasteiger partial charge is 0.354 e. The van der Waals surface area contributed by atoms with Crippen molar-refractivity contribution >= 4 is 43.5 Å². The van der Waals surface area contributed by atoms with Crippen LogP contribution in [0.5, 0.6) is 0 Å². The number of anilines is 1. The number of sulfonamides is 1. The van der Waals surface area contributed by atoms with Crippen LogP contribution in [-0.4, -0.2) is 44.3 Å². The average Bonchev–Trinajstić information content (AvgIpc) is 2.89. The van der Waals surface area contributed by atoms with Gasteiger partial charge < -0.3 is 10.2 Å². The van der Waals surface area contributed by atoms with Crippen molar-refractivity contribution in [1.82, 2.24) is 10.2 Å². The molecule has 0 saturated carbocycles. The Bertz CT molecular complexity index is 1300. The normalized spacial score (nSPS) is 12.1. The van der Waals surface area contributed by atoms with Crippen molar-refractivity contribution in [1.29, 1.82) is 0 Å². The summed E-state index contributed by atoms with van der Waals surface area (Å²) in [6, 6.07) is 23.1. The molecule has 0 aliphatic rings. The highest BCUT2D eigenvalue weighted by atomic mass is 79.9. The minimum Gasteiger partial charge on any atom is -0.354 e. The van der Waals surface area contributed by atoms with E-state index in [2.05, 4.69) is 21.2 Å². The first kappa shape index (κ1) is 28.4. The molecule has 2 amide bonds. The molecule has 0 heterocycles. The van der Waals surface area contributed by atoms with Gasteiger partial charge >= 0.3 is 0 Å². The van der Waals surface area contributed by atoms with Gasteiger partial charge in [-0.05, 0) is 54.8 Å². The number of carbonyl (C=O) groups excluding carboxylic acids is 2. The second-order valence-electron chi connectivity index (χ2n) is 9.13. The van der Waals surface area contributed by atoms with E-state index in [0.717, 1.165) is 14.3 Å². The first-order valence-electron chi connectivity index (χ1n) is 12.0. The molecule has 37 heavy (non-hydrogen) atoms. The Hall–Kier alpha value is -3.17. The van der Waals surface area contributed by atoms with Gasteiger partial charge in [0.15, 0.2) is 0 Å². The first-order valence-corrected chi connectivity index (χ1v) is 14.3. The lowest BCUT2D eigenvalue weighted by Gasteiger charge is -2.32. The van der Waals surface area contributed by atoms with Gasteiger partial charge in [-0.2, -0.15) is 0 Å². The molecule has 0 aromatic heterocycles. The molecule has 0 aliphatic carbocycles. The maximum atomic E-state index is 13.8. The zero-order chi connectivity index (χ0) is 27.0. The minimum atomic E-state index is -4.05. The molecular weight excluding hydrogens is 554 g/mol. The maximum Gasteiger partial charge on any atom is 0.264 e. The van der Waals surface area contributed by atoms with Crippen molar-refractivity contribution in [2.24, 2.45) is 5.92 Å². The molecule has 1 N–H and O–H groups in total. The van der Waals surface area contributed by atoms with Gasteiger partial charge in [0, 0.05) is 17.6 Å². The molecule has 0 unspecified atom stereocenters. The van der Waals surface area contributed by atoms with E-state index < -0.39 is 28.5 Å². The van der Waals surface area contributed by atoms with Crippen molar-refractivity contribution in [2.45, 2.75) is 38.3 Å². The number of carbonyl (C=O) groups is 2. The molecule has 1 atom stereocenters. The SMILES string of the molecule is CC(C)CNC(=O)[C@H](C)N(Cc1cccc(Br)c1)C(=O)CN(c1ccccc1)S(=O)(=O)c1ccccc1. The fraction of sp³-hybridized carbons (Fsp3) is 0.286. The number of halogens is 1. The van der Waals surface area contributed by atoms with Gasteiger partial charge in [0.25, 0.3) is 10.0 Å². The minimum absolute atomic E-state index is 0.0768. The molecule has 0 saturated heterocycles. The van der Waals surface area contributed by atoms with Crippen molar-refractivity contribution in [3.8, 4) is 0 Å². The van der Waals surface area contributed by atoms with Crippen molar-refractivity contribution in [3.05, 3.63) is 95.0 Å². The zero-order valence-corrected chi connectivity index (χ0v) is 23.6. The predicted molar refractivity (Wildman–Crippen MR) is 149 cm³/mol. The summed E-state index contributed by atoms with van der Waals surface area (Å²) in [5.41, 5.74) is 1.17. The van der Waals surface area contributed by atoms with Crippen LogP contribution in [0.15, 0.2) is 94.3 Å². The highest BCUT2D eigenvalue weighted by molar-refractivity contribution is 9.10. The standard InChI is InChI=1S/C28H32BrN3O4S/c1-21(2)18-30-28(34)22(3)31(19-23-11-10-12-24(29)17-23)27(33)20-32(25-13-6-4-7-14-25)37(35,36)26-15-8-5-9-16-26/h4-17,21-22H,18-20H2,1-3H3,(H,30,34)/t22-/m0/s1. The summed E-state index contributed by atoms with van der Waals surface area (Å²) in [6.45, 7) is 5.79. The van der Waals surface area contributed by atoms with E-state index in [1.807, 2.05) is 38.1 Å². The van der Waals surface area contributed by atoms with E-state index in [0.29, 0.717) is 12.2 Å². The maximum absolute atomic E-state index is 13.8. The van der Waals surface area contributed by atoms with Gasteiger partial charge in [-0.3, -0.25) is 13.9 Å². The lowest BCUT2D eigenvalue weighted by Crippen LogP contribution is -2.51. The van der Waals surface area contributed by atoms with Crippen LogP contribution in [0.1, 0.15) is 26.3 Å². The van der Waals surface area contributed by atoms with E-state index in [1.165, 1.54) is 17.0 Å². The summed E-state index contributed by atoms with van der Waals surface area (Å²) >= 11 is 3.45. The Morgan fingerprint density at radius 1 is 0.892 bits per heavy atom. The molecule has 0 bridgehead atoms. The van der Waals surface area contributed by atoms with Crippen molar-refractivity contribution < 1.29 is 18.0 Å². The fourth-order valence-electron chi connectivity index (χ4n) is 3.71. The van der Waals surface area contributed by atoms with Gasteiger partial charge in [-0.15, -0.1) is 0 Å². The Balaban J connectivity index is 1.97. The molecule has 7 nitrogen and oxygen atoms in total. The Morgan fingerprint density at radius 3 is 2.11 bits per heavy atom. The molecule has 0 spiro atoms. The van der Waals surface area contributed by atoms with Crippen molar-refractivity contribution in [3.63, 3.8) is 0 Å². The zero-order valence-electron chi connectivity index (χ0n) is 21.2. The topological polar surface area (TPSA) is 86.8 Å². The first-order chi connectivity index (χ1) is 17.6. The molecule has 3 aromatic rings. The molecule has 0 aliphatic heterocycles. The van der Waals surface area contributed by atoms with Crippen LogP contribution in [0.2, 0.25) is 0 Å². The molecule has 9 heteroatoms. The summed E-state index contributed by atoms with van der Waals surface area (Å²) in [7, 11) is -4.05. The van der Waals surface area contributed by atoms with Gasteiger partial charge in [0.1, 0.15) is 12.6 Å². The van der Waals surface area contributed by atoms with Crippen LogP contribution < -0.4 is 9.62 Å². The number of nitrogens with one attached hydrogen (secondary N) is 1. The number of nitrogens with zero attached hydrogens (tertiary/aromatic N) is 2. The Morgan fingerprint density at radius 2 is 1.51 bits per heavy atom. The van der Waals surface area contributed by atoms with E-state index in [9.17, 15) is 18.0 Å². The number of amides is 2. The van der Waals surface area contributed by atoms with Gasteiger partial charge in [-0.25, -0.2) is 8.42 Å². The quantitative estimate of drug-likeness (QED) is 0.349. The lowest BCUT2D eigenvalue weighted by atomic mass is 10.1. The summed E-state index contributed by atoms with van der Waals surface area (Å²) < 4.78 is 29.2. The van der Waals surface area contributed by atoms with Crippen LogP contribution in [-0.2, 0) is 26.2 Å². The highest BCUT2D eigenvalue weighted by Gasteiger charge is 2.32. The van der Waals surface area contributed by atoms with Gasteiger partial charge in [0.2, 0.25) is 11.8 Å². The number of benzene rings is 3.